The Labute approximate surface area is 208 Å². The van der Waals surface area contributed by atoms with Crippen LogP contribution in [-0.4, -0.2) is 56.4 Å². The number of methoxy groups -OCH3 is 2. The fourth-order valence-electron chi connectivity index (χ4n) is 3.95. The van der Waals surface area contributed by atoms with Crippen LogP contribution < -0.4 is 20.1 Å². The van der Waals surface area contributed by atoms with E-state index in [4.69, 9.17) is 9.47 Å². The van der Waals surface area contributed by atoms with Crippen molar-refractivity contribution in [2.75, 3.05) is 40.4 Å². The summed E-state index contributed by atoms with van der Waals surface area (Å²) < 4.78 is 10.9. The Kier molecular flexibility index (Phi) is 10.9. The van der Waals surface area contributed by atoms with Gasteiger partial charge in [0.05, 0.1) is 26.8 Å². The second-order valence-corrected chi connectivity index (χ2v) is 7.57. The molecule has 8 heteroatoms. The van der Waals surface area contributed by atoms with Gasteiger partial charge in [-0.2, -0.15) is 0 Å². The molecule has 0 amide bonds. The number of guanidine groups is 1. The maximum Gasteiger partial charge on any atom is 0.191 e. The van der Waals surface area contributed by atoms with Crippen molar-refractivity contribution in [1.82, 2.24) is 15.5 Å². The Morgan fingerprint density at radius 2 is 1.84 bits per heavy atom. The van der Waals surface area contributed by atoms with Gasteiger partial charge in [-0.3, -0.25) is 4.90 Å². The summed E-state index contributed by atoms with van der Waals surface area (Å²) in [4.78, 5) is 7.19. The monoisotopic (exact) mass is 554 g/mol. The van der Waals surface area contributed by atoms with Crippen LogP contribution >= 0.6 is 24.0 Å². The molecule has 1 aliphatic heterocycles. The number of ether oxygens (including phenoxy) is 2. The molecule has 7 nitrogen and oxygen atoms in total. The fraction of sp³-hybridized carbons (Fsp3) is 0.458. The molecule has 2 aromatic rings. The van der Waals surface area contributed by atoms with E-state index >= 15 is 0 Å². The highest BCUT2D eigenvalue weighted by molar-refractivity contribution is 14.0. The lowest BCUT2D eigenvalue weighted by Crippen LogP contribution is -2.42. The quantitative estimate of drug-likeness (QED) is 0.248. The Morgan fingerprint density at radius 1 is 1.09 bits per heavy atom. The topological polar surface area (TPSA) is 78.4 Å². The van der Waals surface area contributed by atoms with Gasteiger partial charge in [0.1, 0.15) is 17.2 Å². The average Bonchev–Trinajstić information content (AvgIpc) is 3.33. The van der Waals surface area contributed by atoms with E-state index in [-0.39, 0.29) is 35.8 Å². The van der Waals surface area contributed by atoms with Crippen molar-refractivity contribution in [3.05, 3.63) is 53.6 Å². The van der Waals surface area contributed by atoms with Crippen LogP contribution in [0, 0.1) is 0 Å². The summed E-state index contributed by atoms with van der Waals surface area (Å²) in [5.41, 5.74) is 1.90. The number of rotatable bonds is 9. The maximum atomic E-state index is 10.2. The summed E-state index contributed by atoms with van der Waals surface area (Å²) in [6, 6.07) is 13.6. The highest BCUT2D eigenvalue weighted by Gasteiger charge is 2.26. The molecule has 1 aliphatic rings. The number of nitrogens with one attached hydrogen (secondary N) is 2. The zero-order valence-electron chi connectivity index (χ0n) is 19.1. The third kappa shape index (κ3) is 6.90. The lowest BCUT2D eigenvalue weighted by molar-refractivity contribution is 0.239. The molecule has 1 saturated heterocycles. The fourth-order valence-corrected chi connectivity index (χ4v) is 3.95. The first-order chi connectivity index (χ1) is 15.2. The van der Waals surface area contributed by atoms with Crippen molar-refractivity contribution in [2.45, 2.75) is 32.4 Å². The standard InChI is InChI=1S/C24H34N4O3.HI/c1-4-25-24(26-16-18-15-19(30-2)11-12-22(18)29)27-17-21(28-13-7-8-14-28)20-9-5-6-10-23(20)31-3;/h5-6,9-12,15,21,29H,4,7-8,13-14,16-17H2,1-3H3,(H2,25,26,27);1H. The summed E-state index contributed by atoms with van der Waals surface area (Å²) in [6.07, 6.45) is 2.43. The zero-order chi connectivity index (χ0) is 22.1. The van der Waals surface area contributed by atoms with Gasteiger partial charge in [0.25, 0.3) is 0 Å². The molecule has 0 spiro atoms. The molecule has 1 fully saturated rings. The van der Waals surface area contributed by atoms with E-state index in [1.165, 1.54) is 18.4 Å². The van der Waals surface area contributed by atoms with Gasteiger partial charge >= 0.3 is 0 Å². The third-order valence-corrected chi connectivity index (χ3v) is 5.58. The normalized spacial score (nSPS) is 15.0. The largest absolute Gasteiger partial charge is 0.508 e. The van der Waals surface area contributed by atoms with Crippen molar-refractivity contribution in [2.24, 2.45) is 4.99 Å². The molecule has 3 rings (SSSR count). The van der Waals surface area contributed by atoms with E-state index in [2.05, 4.69) is 32.7 Å². The number of benzene rings is 2. The minimum Gasteiger partial charge on any atom is -0.508 e. The lowest BCUT2D eigenvalue weighted by Gasteiger charge is -2.30. The highest BCUT2D eigenvalue weighted by Crippen LogP contribution is 2.31. The van der Waals surface area contributed by atoms with E-state index < -0.39 is 0 Å². The summed E-state index contributed by atoms with van der Waals surface area (Å²) in [5, 5.41) is 17.0. The van der Waals surface area contributed by atoms with E-state index in [0.29, 0.717) is 24.8 Å². The molecule has 0 aliphatic carbocycles. The van der Waals surface area contributed by atoms with Gasteiger partial charge in [-0.1, -0.05) is 18.2 Å². The first-order valence-corrected chi connectivity index (χ1v) is 10.9. The van der Waals surface area contributed by atoms with Crippen LogP contribution in [0.1, 0.15) is 36.9 Å². The van der Waals surface area contributed by atoms with Crippen molar-refractivity contribution < 1.29 is 14.6 Å². The molecule has 1 heterocycles. The van der Waals surface area contributed by atoms with E-state index in [1.807, 2.05) is 25.1 Å². The Balaban J connectivity index is 0.00000363. The first kappa shape index (κ1) is 26.1. The van der Waals surface area contributed by atoms with Crippen molar-refractivity contribution in [3.8, 4) is 17.2 Å². The molecule has 0 saturated carbocycles. The number of likely N-dealkylation sites (tertiary alicyclic amines) is 1. The van der Waals surface area contributed by atoms with Crippen LogP contribution in [0.3, 0.4) is 0 Å². The molecular weight excluding hydrogens is 519 g/mol. The summed E-state index contributed by atoms with van der Waals surface area (Å²) in [6.45, 7) is 6.00. The molecule has 3 N–H and O–H groups in total. The van der Waals surface area contributed by atoms with Crippen LogP contribution in [0.4, 0.5) is 0 Å². The van der Waals surface area contributed by atoms with Crippen LogP contribution in [0.5, 0.6) is 17.2 Å². The molecular formula is C24H35IN4O3. The van der Waals surface area contributed by atoms with Gasteiger partial charge in [-0.15, -0.1) is 24.0 Å². The predicted octanol–water partition coefficient (Wildman–Crippen LogP) is 3.92. The van der Waals surface area contributed by atoms with Crippen LogP contribution in [0.2, 0.25) is 0 Å². The van der Waals surface area contributed by atoms with E-state index in [0.717, 1.165) is 30.9 Å². The van der Waals surface area contributed by atoms with Crippen LogP contribution in [0.25, 0.3) is 0 Å². The van der Waals surface area contributed by atoms with Gasteiger partial charge in [0.2, 0.25) is 0 Å². The molecule has 32 heavy (non-hydrogen) atoms. The number of para-hydroxylation sites is 1. The smallest absolute Gasteiger partial charge is 0.191 e. The van der Waals surface area contributed by atoms with E-state index in [1.54, 1.807) is 26.4 Å². The van der Waals surface area contributed by atoms with Gasteiger partial charge in [0.15, 0.2) is 5.96 Å². The highest BCUT2D eigenvalue weighted by atomic mass is 127. The minimum absolute atomic E-state index is 0. The van der Waals surface area contributed by atoms with Gasteiger partial charge < -0.3 is 25.2 Å². The molecule has 176 valence electrons. The molecule has 2 aromatic carbocycles. The number of aliphatic imine (C=N–C) groups is 1. The Hall–Kier alpha value is -2.20. The van der Waals surface area contributed by atoms with Crippen molar-refractivity contribution in [1.29, 1.82) is 0 Å². The zero-order valence-corrected chi connectivity index (χ0v) is 21.5. The summed E-state index contributed by atoms with van der Waals surface area (Å²) in [5.74, 6) is 2.53. The second-order valence-electron chi connectivity index (χ2n) is 7.57. The number of aromatic hydroxyl groups is 1. The lowest BCUT2D eigenvalue weighted by atomic mass is 10.0. The second kappa shape index (κ2) is 13.4. The van der Waals surface area contributed by atoms with Crippen LogP contribution in [-0.2, 0) is 6.54 Å². The number of nitrogens with zero attached hydrogens (tertiary/aromatic N) is 2. The SMILES string of the molecule is CCNC(=NCc1cc(OC)ccc1O)NCC(c1ccccc1OC)N1CCCC1.I. The molecule has 0 bridgehead atoms. The Bertz CT molecular complexity index is 872. The third-order valence-electron chi connectivity index (χ3n) is 5.58. The summed E-state index contributed by atoms with van der Waals surface area (Å²) in [7, 11) is 3.33. The van der Waals surface area contributed by atoms with Crippen molar-refractivity contribution in [3.63, 3.8) is 0 Å². The van der Waals surface area contributed by atoms with Crippen LogP contribution in [0.15, 0.2) is 47.5 Å². The van der Waals surface area contributed by atoms with Gasteiger partial charge in [-0.25, -0.2) is 4.99 Å². The molecule has 0 radical (unpaired) electrons. The van der Waals surface area contributed by atoms with E-state index in [9.17, 15) is 5.11 Å². The Morgan fingerprint density at radius 3 is 2.53 bits per heavy atom. The molecule has 1 atom stereocenters. The number of hydrogen-bond acceptors (Lipinski definition) is 5. The minimum atomic E-state index is 0. The predicted molar refractivity (Wildman–Crippen MR) is 139 cm³/mol. The number of phenols is 1. The number of halogens is 1. The first-order valence-electron chi connectivity index (χ1n) is 10.9. The number of hydrogen-bond donors (Lipinski definition) is 3. The summed E-state index contributed by atoms with van der Waals surface area (Å²) >= 11 is 0. The average molecular weight is 554 g/mol. The van der Waals surface area contributed by atoms with Gasteiger partial charge in [0, 0.05) is 24.2 Å². The molecule has 0 aromatic heterocycles. The molecule has 1 unspecified atom stereocenters. The maximum absolute atomic E-state index is 10.2. The number of phenolic OH excluding ortho intramolecular Hbond substituents is 1. The van der Waals surface area contributed by atoms with Gasteiger partial charge in [-0.05, 0) is 57.1 Å². The van der Waals surface area contributed by atoms with Crippen molar-refractivity contribution >= 4 is 29.9 Å².